The SMILES string of the molecule is CN(C)CC1COc2cc(Br)ccc2O1. The fourth-order valence-electron chi connectivity index (χ4n) is 1.59. The lowest BCUT2D eigenvalue weighted by Crippen LogP contribution is -2.37. The van der Waals surface area contributed by atoms with Crippen molar-refractivity contribution in [2.75, 3.05) is 27.2 Å². The molecule has 0 aliphatic carbocycles. The highest BCUT2D eigenvalue weighted by molar-refractivity contribution is 9.10. The van der Waals surface area contributed by atoms with Gasteiger partial charge in [-0.25, -0.2) is 0 Å². The Morgan fingerprint density at radius 3 is 2.93 bits per heavy atom. The summed E-state index contributed by atoms with van der Waals surface area (Å²) in [4.78, 5) is 2.10. The maximum Gasteiger partial charge on any atom is 0.162 e. The molecule has 1 heterocycles. The van der Waals surface area contributed by atoms with Crippen LogP contribution in [-0.2, 0) is 0 Å². The van der Waals surface area contributed by atoms with Crippen molar-refractivity contribution < 1.29 is 9.47 Å². The minimum atomic E-state index is 0.119. The minimum Gasteiger partial charge on any atom is -0.486 e. The Hall–Kier alpha value is -0.740. The highest BCUT2D eigenvalue weighted by Gasteiger charge is 2.21. The van der Waals surface area contributed by atoms with Crippen molar-refractivity contribution in [3.05, 3.63) is 22.7 Å². The van der Waals surface area contributed by atoms with E-state index in [0.717, 1.165) is 22.5 Å². The van der Waals surface area contributed by atoms with Crippen molar-refractivity contribution in [3.8, 4) is 11.5 Å². The zero-order chi connectivity index (χ0) is 10.8. The number of ether oxygens (including phenoxy) is 2. The summed E-state index contributed by atoms with van der Waals surface area (Å²) < 4.78 is 12.5. The number of hydrogen-bond donors (Lipinski definition) is 0. The van der Waals surface area contributed by atoms with Crippen LogP contribution in [0.5, 0.6) is 11.5 Å². The van der Waals surface area contributed by atoms with Gasteiger partial charge in [0.15, 0.2) is 11.5 Å². The Kier molecular flexibility index (Phi) is 3.17. The monoisotopic (exact) mass is 271 g/mol. The molecule has 1 aliphatic rings. The largest absolute Gasteiger partial charge is 0.486 e. The molecule has 1 aromatic carbocycles. The van der Waals surface area contributed by atoms with Gasteiger partial charge in [-0.1, -0.05) is 15.9 Å². The molecule has 0 radical (unpaired) electrons. The van der Waals surface area contributed by atoms with E-state index in [0.29, 0.717) is 6.61 Å². The van der Waals surface area contributed by atoms with Crippen molar-refractivity contribution in [2.24, 2.45) is 0 Å². The Balaban J connectivity index is 2.10. The van der Waals surface area contributed by atoms with Crippen LogP contribution in [0.2, 0.25) is 0 Å². The minimum absolute atomic E-state index is 0.119. The predicted molar refractivity (Wildman–Crippen MR) is 62.6 cm³/mol. The van der Waals surface area contributed by atoms with Gasteiger partial charge in [0.2, 0.25) is 0 Å². The summed E-state index contributed by atoms with van der Waals surface area (Å²) in [6.45, 7) is 1.48. The molecule has 1 atom stereocenters. The van der Waals surface area contributed by atoms with Crippen molar-refractivity contribution in [1.82, 2.24) is 4.90 Å². The summed E-state index contributed by atoms with van der Waals surface area (Å²) in [5.41, 5.74) is 0. The van der Waals surface area contributed by atoms with Crippen LogP contribution in [0.25, 0.3) is 0 Å². The third kappa shape index (κ3) is 2.63. The third-order valence-corrected chi connectivity index (χ3v) is 2.69. The average molecular weight is 272 g/mol. The van der Waals surface area contributed by atoms with Gasteiger partial charge in [0.25, 0.3) is 0 Å². The van der Waals surface area contributed by atoms with E-state index in [2.05, 4.69) is 20.8 Å². The summed E-state index contributed by atoms with van der Waals surface area (Å²) in [5.74, 6) is 1.65. The second kappa shape index (κ2) is 4.41. The zero-order valence-corrected chi connectivity index (χ0v) is 10.5. The first-order valence-corrected chi connectivity index (χ1v) is 5.68. The van der Waals surface area contributed by atoms with Crippen molar-refractivity contribution in [3.63, 3.8) is 0 Å². The number of fused-ring (bicyclic) bond motifs is 1. The van der Waals surface area contributed by atoms with E-state index in [1.54, 1.807) is 0 Å². The number of nitrogens with zero attached hydrogens (tertiary/aromatic N) is 1. The van der Waals surface area contributed by atoms with Crippen molar-refractivity contribution in [2.45, 2.75) is 6.10 Å². The third-order valence-electron chi connectivity index (χ3n) is 2.19. The summed E-state index contributed by atoms with van der Waals surface area (Å²) in [7, 11) is 4.06. The topological polar surface area (TPSA) is 21.7 Å². The van der Waals surface area contributed by atoms with E-state index in [1.165, 1.54) is 0 Å². The average Bonchev–Trinajstić information content (AvgIpc) is 2.17. The molecule has 0 fully saturated rings. The normalized spacial score (nSPS) is 19.3. The number of halogens is 1. The van der Waals surface area contributed by atoms with Crippen LogP contribution in [0.4, 0.5) is 0 Å². The van der Waals surface area contributed by atoms with Crippen LogP contribution >= 0.6 is 15.9 Å². The number of rotatable bonds is 2. The molecule has 1 aromatic rings. The molecule has 2 rings (SSSR count). The molecule has 4 heteroatoms. The van der Waals surface area contributed by atoms with E-state index >= 15 is 0 Å². The van der Waals surface area contributed by atoms with Crippen molar-refractivity contribution in [1.29, 1.82) is 0 Å². The summed E-state index contributed by atoms with van der Waals surface area (Å²) in [6, 6.07) is 5.82. The fraction of sp³-hybridized carbons (Fsp3) is 0.455. The van der Waals surface area contributed by atoms with Crippen LogP contribution in [0.3, 0.4) is 0 Å². The van der Waals surface area contributed by atoms with Gasteiger partial charge >= 0.3 is 0 Å². The lowest BCUT2D eigenvalue weighted by molar-refractivity contribution is 0.0710. The molecule has 82 valence electrons. The molecular weight excluding hydrogens is 258 g/mol. The van der Waals surface area contributed by atoms with Gasteiger partial charge in [0.1, 0.15) is 12.7 Å². The van der Waals surface area contributed by atoms with Gasteiger partial charge in [-0.2, -0.15) is 0 Å². The van der Waals surface area contributed by atoms with E-state index in [-0.39, 0.29) is 6.10 Å². The van der Waals surface area contributed by atoms with Crippen LogP contribution in [0.15, 0.2) is 22.7 Å². The lowest BCUT2D eigenvalue weighted by Gasteiger charge is -2.28. The number of likely N-dealkylation sites (N-methyl/N-ethyl adjacent to an activating group) is 1. The van der Waals surface area contributed by atoms with Gasteiger partial charge in [-0.15, -0.1) is 0 Å². The van der Waals surface area contributed by atoms with Gasteiger partial charge < -0.3 is 14.4 Å². The summed E-state index contributed by atoms with van der Waals surface area (Å²) >= 11 is 3.40. The molecule has 0 amide bonds. The predicted octanol–water partition coefficient (Wildman–Crippen LogP) is 2.15. The number of hydrogen-bond acceptors (Lipinski definition) is 3. The van der Waals surface area contributed by atoms with E-state index in [1.807, 2.05) is 32.3 Å². The fourth-order valence-corrected chi connectivity index (χ4v) is 1.93. The summed E-state index contributed by atoms with van der Waals surface area (Å²) in [6.07, 6.45) is 0.119. The molecule has 0 spiro atoms. The molecular formula is C11H14BrNO2. The van der Waals surface area contributed by atoms with E-state index < -0.39 is 0 Å². The molecule has 1 aliphatic heterocycles. The van der Waals surface area contributed by atoms with Gasteiger partial charge in [-0.3, -0.25) is 0 Å². The van der Waals surface area contributed by atoms with Gasteiger partial charge in [-0.05, 0) is 32.3 Å². The molecule has 0 aromatic heterocycles. The standard InChI is InChI=1S/C11H14BrNO2/c1-13(2)6-9-7-14-11-5-8(12)3-4-10(11)15-9/h3-5,9H,6-7H2,1-2H3. The van der Waals surface area contributed by atoms with Crippen LogP contribution in [-0.4, -0.2) is 38.3 Å². The first kappa shape index (κ1) is 10.8. The lowest BCUT2D eigenvalue weighted by atomic mass is 10.2. The first-order chi connectivity index (χ1) is 7.15. The first-order valence-electron chi connectivity index (χ1n) is 4.89. The molecule has 1 unspecified atom stereocenters. The maximum atomic E-state index is 5.81. The maximum absolute atomic E-state index is 5.81. The van der Waals surface area contributed by atoms with E-state index in [9.17, 15) is 0 Å². The molecule has 15 heavy (non-hydrogen) atoms. The molecule has 0 N–H and O–H groups in total. The Bertz CT molecular complexity index is 354. The van der Waals surface area contributed by atoms with Crippen molar-refractivity contribution >= 4 is 15.9 Å². The van der Waals surface area contributed by atoms with Gasteiger partial charge in [0.05, 0.1) is 0 Å². The Labute approximate surface area is 98.1 Å². The molecule has 0 saturated heterocycles. The second-order valence-corrected chi connectivity index (χ2v) is 4.82. The van der Waals surface area contributed by atoms with Crippen LogP contribution in [0, 0.1) is 0 Å². The van der Waals surface area contributed by atoms with E-state index in [4.69, 9.17) is 9.47 Å². The summed E-state index contributed by atoms with van der Waals surface area (Å²) in [5, 5.41) is 0. The molecule has 3 nitrogen and oxygen atoms in total. The Morgan fingerprint density at radius 1 is 1.40 bits per heavy atom. The van der Waals surface area contributed by atoms with Crippen LogP contribution < -0.4 is 9.47 Å². The second-order valence-electron chi connectivity index (χ2n) is 3.90. The highest BCUT2D eigenvalue weighted by Crippen LogP contribution is 2.34. The molecule has 0 saturated carbocycles. The Morgan fingerprint density at radius 2 is 2.20 bits per heavy atom. The zero-order valence-electron chi connectivity index (χ0n) is 8.87. The number of benzene rings is 1. The van der Waals surface area contributed by atoms with Gasteiger partial charge in [0, 0.05) is 11.0 Å². The van der Waals surface area contributed by atoms with Crippen LogP contribution in [0.1, 0.15) is 0 Å². The quantitative estimate of drug-likeness (QED) is 0.823. The molecule has 0 bridgehead atoms. The highest BCUT2D eigenvalue weighted by atomic mass is 79.9. The smallest absolute Gasteiger partial charge is 0.162 e.